The lowest BCUT2D eigenvalue weighted by Crippen LogP contribution is -2.01. The van der Waals surface area contributed by atoms with Crippen molar-refractivity contribution in [2.45, 2.75) is 9.79 Å². The minimum absolute atomic E-state index is 0.125. The smallest absolute Gasteiger partial charge is 0.258 e. The first-order valence-corrected chi connectivity index (χ1v) is 9.07. The van der Waals surface area contributed by atoms with E-state index in [2.05, 4.69) is 0 Å². The lowest BCUT2D eigenvalue weighted by Gasteiger charge is -2.05. The van der Waals surface area contributed by atoms with E-state index in [1.165, 1.54) is 0 Å². The van der Waals surface area contributed by atoms with Crippen LogP contribution < -0.4 is 0 Å². The van der Waals surface area contributed by atoms with Crippen LogP contribution in [-0.2, 0) is 3.63 Å². The van der Waals surface area contributed by atoms with Crippen LogP contribution in [0, 0.1) is 60.7 Å². The summed E-state index contributed by atoms with van der Waals surface area (Å²) in [6.45, 7) is 0. The van der Waals surface area contributed by atoms with Crippen molar-refractivity contribution in [1.29, 1.82) is 0 Å². The number of nitrogens with zero attached hydrogens (tertiary/aromatic N) is 6. The molecule has 21 heteroatoms. The summed E-state index contributed by atoms with van der Waals surface area (Å²) in [6, 6.07) is 1.61. The van der Waals surface area contributed by atoms with E-state index in [1.807, 2.05) is 0 Å². The normalized spacial score (nSPS) is 10.4. The molecule has 0 aliphatic heterocycles. The molecule has 0 N–H and O–H groups in total. The van der Waals surface area contributed by atoms with Crippen molar-refractivity contribution in [3.05, 3.63) is 85.0 Å². The van der Waals surface area contributed by atoms with Crippen LogP contribution in [0.3, 0.4) is 0 Å². The van der Waals surface area contributed by atoms with E-state index in [9.17, 15) is 60.7 Å². The fourth-order valence-corrected chi connectivity index (χ4v) is 3.73. The zero-order valence-corrected chi connectivity index (χ0v) is 16.7. The minimum atomic E-state index is -1.19. The predicted molar refractivity (Wildman–Crippen MR) is 106 cm³/mol. The van der Waals surface area contributed by atoms with Crippen LogP contribution in [0.15, 0.2) is 34.1 Å². The maximum absolute atomic E-state index is 11.2. The Labute approximate surface area is 186 Å². The Bertz CT molecular complexity index is 1070. The molecule has 0 unspecified atom stereocenters. The van der Waals surface area contributed by atoms with Gasteiger partial charge in [-0.1, -0.05) is 0 Å². The zero-order chi connectivity index (χ0) is 25.0. The molecular weight excluding hydrogens is 500 g/mol. The standard InChI is InChI=1S/C12H4N6O13S2/c19-13(20)5-1-7(15(23)24)11(8(2-5)16(25)26)32-31-33-12-9(17(27)28)3-6(14(21)22)4-10(12)18(29)30/h1-4H. The fourth-order valence-electron chi connectivity index (χ4n) is 2.18. The van der Waals surface area contributed by atoms with Crippen LogP contribution in [0.1, 0.15) is 0 Å². The van der Waals surface area contributed by atoms with Crippen LogP contribution in [0.2, 0.25) is 0 Å². The molecule has 0 heterocycles. The second-order valence-electron chi connectivity index (χ2n) is 5.40. The van der Waals surface area contributed by atoms with E-state index in [-0.39, 0.29) is 24.1 Å². The number of benzene rings is 2. The lowest BCUT2D eigenvalue weighted by atomic mass is 10.2. The van der Waals surface area contributed by atoms with E-state index < -0.39 is 73.5 Å². The molecular formula is C12H4N6O13S2. The Morgan fingerprint density at radius 1 is 0.485 bits per heavy atom. The van der Waals surface area contributed by atoms with Crippen molar-refractivity contribution in [3.63, 3.8) is 0 Å². The monoisotopic (exact) mass is 504 g/mol. The average Bonchev–Trinajstić information content (AvgIpc) is 2.72. The van der Waals surface area contributed by atoms with Crippen molar-refractivity contribution in [2.75, 3.05) is 0 Å². The van der Waals surface area contributed by atoms with E-state index in [1.54, 1.807) is 0 Å². The van der Waals surface area contributed by atoms with E-state index in [4.69, 9.17) is 3.63 Å². The Morgan fingerprint density at radius 2 is 0.727 bits per heavy atom. The van der Waals surface area contributed by atoms with Gasteiger partial charge in [-0.3, -0.25) is 60.7 Å². The molecule has 0 saturated heterocycles. The highest BCUT2D eigenvalue weighted by Gasteiger charge is 2.34. The molecule has 2 aromatic carbocycles. The summed E-state index contributed by atoms with van der Waals surface area (Å²) in [7, 11) is 0. The van der Waals surface area contributed by atoms with Gasteiger partial charge in [-0.15, -0.1) is 0 Å². The molecule has 0 radical (unpaired) electrons. The summed E-state index contributed by atoms with van der Waals surface area (Å²) < 4.78 is 4.85. The third-order valence-electron chi connectivity index (χ3n) is 3.51. The van der Waals surface area contributed by atoms with Crippen LogP contribution in [0.5, 0.6) is 0 Å². The molecule has 2 rings (SSSR count). The molecule has 0 saturated carbocycles. The van der Waals surface area contributed by atoms with Gasteiger partial charge in [-0.2, -0.15) is 0 Å². The van der Waals surface area contributed by atoms with Gasteiger partial charge >= 0.3 is 0 Å². The molecule has 0 bridgehead atoms. The second-order valence-corrected chi connectivity index (χ2v) is 7.10. The Morgan fingerprint density at radius 3 is 0.909 bits per heavy atom. The van der Waals surface area contributed by atoms with E-state index in [0.29, 0.717) is 24.3 Å². The van der Waals surface area contributed by atoms with Gasteiger partial charge in [0.15, 0.2) is 9.79 Å². The van der Waals surface area contributed by atoms with Gasteiger partial charge < -0.3 is 0 Å². The number of rotatable bonds is 10. The minimum Gasteiger partial charge on any atom is -0.258 e. The third-order valence-corrected chi connectivity index (χ3v) is 5.23. The Balaban J connectivity index is 2.53. The molecule has 0 aliphatic carbocycles. The lowest BCUT2D eigenvalue weighted by molar-refractivity contribution is -0.407. The number of hydrogen-bond acceptors (Lipinski definition) is 15. The highest BCUT2D eigenvalue weighted by Crippen LogP contribution is 2.47. The Kier molecular flexibility index (Phi) is 7.32. The average molecular weight is 504 g/mol. The summed E-state index contributed by atoms with van der Waals surface area (Å²) >= 11 is -0.250. The van der Waals surface area contributed by atoms with E-state index in [0.717, 1.165) is 0 Å². The molecule has 2 aromatic rings. The quantitative estimate of drug-likeness (QED) is 0.252. The molecule has 33 heavy (non-hydrogen) atoms. The van der Waals surface area contributed by atoms with Crippen LogP contribution >= 0.6 is 24.1 Å². The first-order chi connectivity index (χ1) is 15.3. The van der Waals surface area contributed by atoms with Gasteiger partial charge in [0, 0.05) is 0 Å². The summed E-state index contributed by atoms with van der Waals surface area (Å²) in [5.41, 5.74) is -6.43. The van der Waals surface area contributed by atoms with Crippen molar-refractivity contribution in [1.82, 2.24) is 0 Å². The van der Waals surface area contributed by atoms with Crippen molar-refractivity contribution < 1.29 is 33.2 Å². The van der Waals surface area contributed by atoms with Gasteiger partial charge in [-0.05, 0) is 0 Å². The van der Waals surface area contributed by atoms with E-state index >= 15 is 0 Å². The first-order valence-electron chi connectivity index (χ1n) is 7.58. The van der Waals surface area contributed by atoms with Crippen LogP contribution in [-0.4, -0.2) is 29.5 Å². The molecule has 0 spiro atoms. The fraction of sp³-hybridized carbons (Fsp3) is 0. The largest absolute Gasteiger partial charge is 0.299 e. The highest BCUT2D eigenvalue weighted by molar-refractivity contribution is 8.08. The molecule has 0 atom stereocenters. The molecule has 19 nitrogen and oxygen atoms in total. The summed E-state index contributed by atoms with van der Waals surface area (Å²) in [5.74, 6) is 0. The predicted octanol–water partition coefficient (Wildman–Crippen LogP) is 3.87. The maximum atomic E-state index is 11.2. The summed E-state index contributed by atoms with van der Waals surface area (Å²) in [5, 5.41) is 66.7. The molecule has 172 valence electrons. The molecule has 0 amide bonds. The third kappa shape index (κ3) is 5.41. The number of nitro benzene ring substituents is 6. The van der Waals surface area contributed by atoms with Gasteiger partial charge in [0.25, 0.3) is 34.1 Å². The first kappa shape index (κ1) is 24.8. The van der Waals surface area contributed by atoms with Crippen LogP contribution in [0.4, 0.5) is 34.1 Å². The number of hydrogen-bond donors (Lipinski definition) is 0. The molecule has 0 fully saturated rings. The topological polar surface area (TPSA) is 268 Å². The van der Waals surface area contributed by atoms with Crippen molar-refractivity contribution in [3.8, 4) is 0 Å². The summed E-state index contributed by atoms with van der Waals surface area (Å²) in [6.07, 6.45) is 0. The second kappa shape index (κ2) is 9.75. The van der Waals surface area contributed by atoms with Crippen molar-refractivity contribution >= 4 is 58.2 Å². The van der Waals surface area contributed by atoms with Gasteiger partial charge in [0.1, 0.15) is 0 Å². The SMILES string of the molecule is O=[N+]([O-])c1cc([N+](=O)[O-])c(SOSc2c([N+](=O)[O-])cc([N+](=O)[O-])cc2[N+](=O)[O-])c([N+](=O)[O-])c1. The van der Waals surface area contributed by atoms with Gasteiger partial charge in [0.2, 0.25) is 0 Å². The van der Waals surface area contributed by atoms with Gasteiger partial charge in [0.05, 0.1) is 77.9 Å². The maximum Gasteiger partial charge on any atom is 0.299 e. The van der Waals surface area contributed by atoms with Crippen molar-refractivity contribution in [2.24, 2.45) is 0 Å². The zero-order valence-electron chi connectivity index (χ0n) is 15.1. The summed E-state index contributed by atoms with van der Waals surface area (Å²) in [4.78, 5) is 58.0. The molecule has 0 aromatic heterocycles. The van der Waals surface area contributed by atoms with Crippen LogP contribution in [0.25, 0.3) is 0 Å². The molecule has 0 aliphatic rings. The Hall–Kier alpha value is -4.50. The number of nitro groups is 6. The highest BCUT2D eigenvalue weighted by atomic mass is 32.2. The number of non-ortho nitro benzene ring substituents is 2. The van der Waals surface area contributed by atoms with Gasteiger partial charge in [-0.25, -0.2) is 3.63 Å².